The molecule has 140 valence electrons. The molecule has 24 heavy (non-hydrogen) atoms. The van der Waals surface area contributed by atoms with Crippen molar-refractivity contribution in [2.75, 3.05) is 0 Å². The molecule has 1 saturated heterocycles. The van der Waals surface area contributed by atoms with Gasteiger partial charge in [-0.05, 0) is 6.42 Å². The van der Waals surface area contributed by atoms with Crippen LogP contribution in [0.25, 0.3) is 0 Å². The van der Waals surface area contributed by atoms with Gasteiger partial charge in [0.1, 0.15) is 4.75 Å². The van der Waals surface area contributed by atoms with Gasteiger partial charge in [0.05, 0.1) is 6.42 Å². The third-order valence-electron chi connectivity index (χ3n) is 4.97. The molecule has 0 aliphatic carbocycles. The summed E-state index contributed by atoms with van der Waals surface area (Å²) in [5.41, 5.74) is 0. The highest BCUT2D eigenvalue weighted by atomic mass is 32.1. The van der Waals surface area contributed by atoms with E-state index in [1.807, 2.05) is 0 Å². The molecule has 0 spiro atoms. The number of esters is 2. The van der Waals surface area contributed by atoms with Gasteiger partial charge in [0.15, 0.2) is 0 Å². The van der Waals surface area contributed by atoms with E-state index < -0.39 is 16.7 Å². The highest BCUT2D eigenvalue weighted by molar-refractivity contribution is 7.82. The summed E-state index contributed by atoms with van der Waals surface area (Å²) in [6.45, 7) is 2.26. The van der Waals surface area contributed by atoms with Crippen LogP contribution in [0.1, 0.15) is 110 Å². The third kappa shape index (κ3) is 9.10. The van der Waals surface area contributed by atoms with E-state index in [0.29, 0.717) is 6.42 Å². The molecular weight excluding hydrogens is 320 g/mol. The molecule has 1 atom stereocenters. The number of unbranched alkanes of at least 4 members (excludes halogenated alkanes) is 13. The lowest BCUT2D eigenvalue weighted by Gasteiger charge is -2.15. The van der Waals surface area contributed by atoms with Gasteiger partial charge in [-0.15, -0.1) is 0 Å². The second-order valence-corrected chi connectivity index (χ2v) is 8.17. The fraction of sp³-hybridized carbons (Fsp3) is 0.900. The molecule has 4 heteroatoms. The van der Waals surface area contributed by atoms with Crippen LogP contribution in [-0.4, -0.2) is 16.7 Å². The molecule has 0 N–H and O–H groups in total. The summed E-state index contributed by atoms with van der Waals surface area (Å²) >= 11 is 4.36. The molecule has 0 radical (unpaired) electrons. The fourth-order valence-corrected chi connectivity index (χ4v) is 3.68. The Hall–Kier alpha value is -0.510. The minimum Gasteiger partial charge on any atom is -0.392 e. The number of hydrogen-bond donors (Lipinski definition) is 1. The predicted octanol–water partition coefficient (Wildman–Crippen LogP) is 6.00. The Morgan fingerprint density at radius 2 is 1.21 bits per heavy atom. The van der Waals surface area contributed by atoms with Crippen molar-refractivity contribution in [1.82, 2.24) is 0 Å². The second-order valence-electron chi connectivity index (χ2n) is 7.32. The molecule has 0 aromatic rings. The lowest BCUT2D eigenvalue weighted by molar-refractivity contribution is -0.152. The lowest BCUT2D eigenvalue weighted by atomic mass is 9.97. The molecule has 0 bridgehead atoms. The fourth-order valence-electron chi connectivity index (χ4n) is 3.35. The van der Waals surface area contributed by atoms with Crippen molar-refractivity contribution in [3.8, 4) is 0 Å². The molecule has 0 amide bonds. The number of hydrogen-bond acceptors (Lipinski definition) is 4. The molecule has 0 aromatic carbocycles. The molecule has 1 fully saturated rings. The zero-order valence-electron chi connectivity index (χ0n) is 15.5. The van der Waals surface area contributed by atoms with Gasteiger partial charge in [0.25, 0.3) is 0 Å². The normalized spacial score (nSPS) is 20.6. The maximum absolute atomic E-state index is 11.6. The number of rotatable bonds is 15. The van der Waals surface area contributed by atoms with E-state index in [0.717, 1.165) is 12.8 Å². The molecular formula is C20H36O3S. The quantitative estimate of drug-likeness (QED) is 0.169. The molecule has 1 aliphatic rings. The topological polar surface area (TPSA) is 43.4 Å². The Morgan fingerprint density at radius 1 is 0.792 bits per heavy atom. The van der Waals surface area contributed by atoms with E-state index in [-0.39, 0.29) is 6.42 Å². The Labute approximate surface area is 153 Å². The zero-order valence-corrected chi connectivity index (χ0v) is 16.4. The number of carbonyl (C=O) groups is 2. The molecule has 1 rings (SSSR count). The van der Waals surface area contributed by atoms with E-state index in [9.17, 15) is 9.59 Å². The largest absolute Gasteiger partial charge is 0.392 e. The summed E-state index contributed by atoms with van der Waals surface area (Å²) in [6.07, 6.45) is 19.2. The van der Waals surface area contributed by atoms with Crippen LogP contribution in [0.15, 0.2) is 0 Å². The van der Waals surface area contributed by atoms with Gasteiger partial charge in [0, 0.05) is 0 Å². The average molecular weight is 357 g/mol. The second kappa shape index (κ2) is 12.8. The van der Waals surface area contributed by atoms with E-state index in [1.54, 1.807) is 0 Å². The van der Waals surface area contributed by atoms with E-state index in [2.05, 4.69) is 24.3 Å². The maximum atomic E-state index is 11.6. The summed E-state index contributed by atoms with van der Waals surface area (Å²) in [5.74, 6) is -0.883. The smallest absolute Gasteiger partial charge is 0.330 e. The minimum atomic E-state index is -0.853. The Kier molecular flexibility index (Phi) is 11.5. The van der Waals surface area contributed by atoms with Gasteiger partial charge < -0.3 is 4.74 Å². The molecule has 0 saturated carbocycles. The standard InChI is InChI=1S/C20H36O3S/c1-2-3-4-5-6-7-8-9-10-11-12-13-14-15-16-20(24)17-18(21)23-19(20)22/h24H,2-17H2,1H3. The average Bonchev–Trinajstić information content (AvgIpc) is 2.80. The van der Waals surface area contributed by atoms with E-state index >= 15 is 0 Å². The number of cyclic esters (lactones) is 2. The van der Waals surface area contributed by atoms with Crippen LogP contribution >= 0.6 is 12.6 Å². The molecule has 0 aromatic heterocycles. The Morgan fingerprint density at radius 3 is 1.58 bits per heavy atom. The number of carbonyl (C=O) groups excluding carboxylic acids is 2. The van der Waals surface area contributed by atoms with Gasteiger partial charge in [-0.1, -0.05) is 96.8 Å². The van der Waals surface area contributed by atoms with E-state index in [4.69, 9.17) is 0 Å². The summed E-state index contributed by atoms with van der Waals surface area (Å²) in [5, 5.41) is 0. The molecule has 1 aliphatic heterocycles. The first-order valence-electron chi connectivity index (χ1n) is 10.1. The van der Waals surface area contributed by atoms with Crippen molar-refractivity contribution in [1.29, 1.82) is 0 Å². The van der Waals surface area contributed by atoms with Crippen molar-refractivity contribution in [3.05, 3.63) is 0 Å². The van der Waals surface area contributed by atoms with Crippen molar-refractivity contribution in [2.45, 2.75) is 114 Å². The highest BCUT2D eigenvalue weighted by Crippen LogP contribution is 2.33. The summed E-state index contributed by atoms with van der Waals surface area (Å²) in [6, 6.07) is 0. The number of ether oxygens (including phenoxy) is 1. The van der Waals surface area contributed by atoms with Gasteiger partial charge in [-0.3, -0.25) is 9.59 Å². The van der Waals surface area contributed by atoms with Crippen molar-refractivity contribution >= 4 is 24.6 Å². The summed E-state index contributed by atoms with van der Waals surface area (Å²) in [4.78, 5) is 22.7. The van der Waals surface area contributed by atoms with E-state index in [1.165, 1.54) is 77.0 Å². The van der Waals surface area contributed by atoms with Crippen LogP contribution in [0.4, 0.5) is 0 Å². The molecule has 3 nitrogen and oxygen atoms in total. The van der Waals surface area contributed by atoms with Gasteiger partial charge in [0.2, 0.25) is 0 Å². The first-order valence-corrected chi connectivity index (χ1v) is 10.5. The maximum Gasteiger partial charge on any atom is 0.330 e. The Bertz CT molecular complexity index is 370. The van der Waals surface area contributed by atoms with Crippen molar-refractivity contribution in [3.63, 3.8) is 0 Å². The van der Waals surface area contributed by atoms with Crippen molar-refractivity contribution in [2.24, 2.45) is 0 Å². The zero-order chi connectivity index (χ0) is 17.7. The van der Waals surface area contributed by atoms with Crippen LogP contribution in [0, 0.1) is 0 Å². The minimum absolute atomic E-state index is 0.132. The van der Waals surface area contributed by atoms with Crippen LogP contribution in [0.5, 0.6) is 0 Å². The van der Waals surface area contributed by atoms with Gasteiger partial charge in [-0.2, -0.15) is 12.6 Å². The van der Waals surface area contributed by atoms with Gasteiger partial charge >= 0.3 is 11.9 Å². The molecule has 1 heterocycles. The van der Waals surface area contributed by atoms with Crippen LogP contribution in [0.3, 0.4) is 0 Å². The SMILES string of the molecule is CCCCCCCCCCCCCCCCC1(S)CC(=O)OC1=O. The third-order valence-corrected chi connectivity index (χ3v) is 5.53. The van der Waals surface area contributed by atoms with Crippen LogP contribution in [0.2, 0.25) is 0 Å². The molecule has 1 unspecified atom stereocenters. The first kappa shape index (κ1) is 21.5. The van der Waals surface area contributed by atoms with Crippen molar-refractivity contribution < 1.29 is 14.3 Å². The summed E-state index contributed by atoms with van der Waals surface area (Å²) < 4.78 is 3.74. The van der Waals surface area contributed by atoms with Gasteiger partial charge in [-0.25, -0.2) is 0 Å². The number of thiol groups is 1. The highest BCUT2D eigenvalue weighted by Gasteiger charge is 2.45. The summed E-state index contributed by atoms with van der Waals surface area (Å²) in [7, 11) is 0. The van der Waals surface area contributed by atoms with Crippen LogP contribution < -0.4 is 0 Å². The predicted molar refractivity (Wildman–Crippen MR) is 102 cm³/mol. The lowest BCUT2D eigenvalue weighted by Crippen LogP contribution is -2.27. The Balaban J connectivity index is 1.83. The monoisotopic (exact) mass is 356 g/mol. The first-order chi connectivity index (χ1) is 11.6. The van der Waals surface area contributed by atoms with Crippen LogP contribution in [-0.2, 0) is 14.3 Å².